The Bertz CT molecular complexity index is 775. The molecule has 0 radical (unpaired) electrons. The van der Waals surface area contributed by atoms with Crippen molar-refractivity contribution in [2.24, 2.45) is 0 Å². The summed E-state index contributed by atoms with van der Waals surface area (Å²) in [4.78, 5) is 7.38. The topological polar surface area (TPSA) is 28.2 Å². The Balaban J connectivity index is 1.91. The van der Waals surface area contributed by atoms with Gasteiger partial charge < -0.3 is 5.32 Å². The Hall–Kier alpha value is -0.460. The number of nitrogens with zero attached hydrogens (tertiary/aromatic N) is 2. The van der Waals surface area contributed by atoms with Crippen molar-refractivity contribution in [2.75, 3.05) is 26.2 Å². The number of aryl methyl sites for hydroxylation is 2. The molecule has 1 aromatic heterocycles. The molecule has 1 fully saturated rings. The molecule has 24 heavy (non-hydrogen) atoms. The SMILES string of the molecule is Clc1cc(Br)c2c(c1)CCc1cc(Br)cnc1[C@H]2N1CCNCC1. The lowest BCUT2D eigenvalue weighted by Gasteiger charge is -2.36. The average molecular weight is 472 g/mol. The summed E-state index contributed by atoms with van der Waals surface area (Å²) in [5.74, 6) is 0. The Labute approximate surface area is 164 Å². The summed E-state index contributed by atoms with van der Waals surface area (Å²) in [6.07, 6.45) is 3.90. The molecule has 2 heterocycles. The smallest absolute Gasteiger partial charge is 0.0793 e. The van der Waals surface area contributed by atoms with Crippen LogP contribution in [0.15, 0.2) is 33.3 Å². The normalized spacial score (nSPS) is 21.0. The molecule has 1 saturated heterocycles. The van der Waals surface area contributed by atoms with Crippen molar-refractivity contribution in [2.45, 2.75) is 18.9 Å². The highest BCUT2D eigenvalue weighted by molar-refractivity contribution is 9.10. The first kappa shape index (κ1) is 17.0. The molecule has 1 N–H and O–H groups in total. The fraction of sp³-hybridized carbons (Fsp3) is 0.389. The molecular formula is C18H18Br2ClN3. The first-order chi connectivity index (χ1) is 11.6. The maximum atomic E-state index is 6.33. The highest BCUT2D eigenvalue weighted by Crippen LogP contribution is 2.41. The number of pyridine rings is 1. The van der Waals surface area contributed by atoms with Crippen LogP contribution in [-0.4, -0.2) is 36.1 Å². The molecular weight excluding hydrogens is 453 g/mol. The lowest BCUT2D eigenvalue weighted by atomic mass is 9.96. The molecule has 2 aromatic rings. The van der Waals surface area contributed by atoms with Gasteiger partial charge in [-0.25, -0.2) is 0 Å². The maximum Gasteiger partial charge on any atom is 0.0793 e. The number of rotatable bonds is 1. The van der Waals surface area contributed by atoms with E-state index in [2.05, 4.69) is 54.2 Å². The lowest BCUT2D eigenvalue weighted by Crippen LogP contribution is -2.45. The second kappa shape index (κ2) is 7.04. The van der Waals surface area contributed by atoms with Crippen LogP contribution in [0.5, 0.6) is 0 Å². The average Bonchev–Trinajstić information content (AvgIpc) is 2.72. The molecule has 6 heteroatoms. The van der Waals surface area contributed by atoms with Gasteiger partial charge in [0.15, 0.2) is 0 Å². The molecule has 0 spiro atoms. The summed E-state index contributed by atoms with van der Waals surface area (Å²) < 4.78 is 2.13. The lowest BCUT2D eigenvalue weighted by molar-refractivity contribution is 0.194. The standard InChI is InChI=1S/C18H18Br2ClN3/c19-13-7-12-2-1-11-8-14(21)9-15(20)16(11)18(17(12)23-10-13)24-5-3-22-4-6-24/h7-10,18,22H,1-6H2/t18-/m0/s1. The Morgan fingerprint density at radius 2 is 1.83 bits per heavy atom. The first-order valence-corrected chi connectivity index (χ1v) is 10.2. The number of piperazine rings is 1. The second-order valence-corrected chi connectivity index (χ2v) is 8.55. The number of hydrogen-bond donors (Lipinski definition) is 1. The maximum absolute atomic E-state index is 6.33. The van der Waals surface area contributed by atoms with Gasteiger partial charge in [0.25, 0.3) is 0 Å². The molecule has 4 rings (SSSR count). The summed E-state index contributed by atoms with van der Waals surface area (Å²) in [7, 11) is 0. The van der Waals surface area contributed by atoms with Crippen molar-refractivity contribution in [1.29, 1.82) is 0 Å². The molecule has 1 aromatic carbocycles. The van der Waals surface area contributed by atoms with Crippen LogP contribution < -0.4 is 5.32 Å². The van der Waals surface area contributed by atoms with Crippen molar-refractivity contribution in [1.82, 2.24) is 15.2 Å². The molecule has 1 aliphatic carbocycles. The zero-order valence-corrected chi connectivity index (χ0v) is 17.1. The zero-order chi connectivity index (χ0) is 16.7. The third-order valence-corrected chi connectivity index (χ3v) is 6.17. The highest BCUT2D eigenvalue weighted by atomic mass is 79.9. The van der Waals surface area contributed by atoms with E-state index in [1.165, 1.54) is 22.4 Å². The van der Waals surface area contributed by atoms with E-state index in [0.717, 1.165) is 53.0 Å². The molecule has 1 atom stereocenters. The number of benzene rings is 1. The third-order valence-electron chi connectivity index (χ3n) is 4.86. The second-order valence-electron chi connectivity index (χ2n) is 6.35. The van der Waals surface area contributed by atoms with E-state index in [-0.39, 0.29) is 6.04 Å². The van der Waals surface area contributed by atoms with Crippen molar-refractivity contribution in [3.8, 4) is 0 Å². The molecule has 126 valence electrons. The van der Waals surface area contributed by atoms with Gasteiger partial charge in [-0.3, -0.25) is 9.88 Å². The van der Waals surface area contributed by atoms with Crippen LogP contribution in [-0.2, 0) is 12.8 Å². The first-order valence-electron chi connectivity index (χ1n) is 8.20. The zero-order valence-electron chi connectivity index (χ0n) is 13.2. The van der Waals surface area contributed by atoms with Crippen LogP contribution in [0.2, 0.25) is 5.02 Å². The predicted molar refractivity (Wildman–Crippen MR) is 105 cm³/mol. The number of nitrogens with one attached hydrogen (secondary N) is 1. The molecule has 0 amide bonds. The molecule has 2 aliphatic rings. The minimum Gasteiger partial charge on any atom is -0.314 e. The van der Waals surface area contributed by atoms with E-state index in [1.807, 2.05) is 12.3 Å². The van der Waals surface area contributed by atoms with Gasteiger partial charge in [0, 0.05) is 46.3 Å². The molecule has 1 aliphatic heterocycles. The quantitative estimate of drug-likeness (QED) is 0.670. The minimum atomic E-state index is 0.180. The largest absolute Gasteiger partial charge is 0.314 e. The van der Waals surface area contributed by atoms with Gasteiger partial charge in [-0.2, -0.15) is 0 Å². The fourth-order valence-corrected chi connectivity index (χ4v) is 5.26. The van der Waals surface area contributed by atoms with Gasteiger partial charge in [-0.15, -0.1) is 0 Å². The number of halogens is 3. The molecule has 3 nitrogen and oxygen atoms in total. The molecule has 0 bridgehead atoms. The monoisotopic (exact) mass is 469 g/mol. The Kier molecular flexibility index (Phi) is 4.98. The van der Waals surface area contributed by atoms with Crippen LogP contribution in [0.25, 0.3) is 0 Å². The van der Waals surface area contributed by atoms with Gasteiger partial charge in [-0.05, 0) is 63.7 Å². The van der Waals surface area contributed by atoms with Gasteiger partial charge in [0.1, 0.15) is 0 Å². The Morgan fingerprint density at radius 1 is 1.08 bits per heavy atom. The fourth-order valence-electron chi connectivity index (χ4n) is 3.79. The summed E-state index contributed by atoms with van der Waals surface area (Å²) in [5.41, 5.74) is 5.16. The van der Waals surface area contributed by atoms with Crippen LogP contribution in [0, 0.1) is 0 Å². The van der Waals surface area contributed by atoms with Crippen LogP contribution >= 0.6 is 43.5 Å². The predicted octanol–water partition coefficient (Wildman–Crippen LogP) is 4.35. The van der Waals surface area contributed by atoms with Crippen molar-refractivity contribution < 1.29 is 0 Å². The summed E-state index contributed by atoms with van der Waals surface area (Å²) in [5, 5.41) is 4.24. The van der Waals surface area contributed by atoms with Crippen LogP contribution in [0.3, 0.4) is 0 Å². The van der Waals surface area contributed by atoms with E-state index >= 15 is 0 Å². The number of fused-ring (bicyclic) bond motifs is 2. The minimum absolute atomic E-state index is 0.180. The van der Waals surface area contributed by atoms with Crippen molar-refractivity contribution >= 4 is 43.5 Å². The molecule has 0 unspecified atom stereocenters. The van der Waals surface area contributed by atoms with E-state index in [4.69, 9.17) is 16.6 Å². The van der Waals surface area contributed by atoms with Gasteiger partial charge >= 0.3 is 0 Å². The van der Waals surface area contributed by atoms with Crippen molar-refractivity contribution in [3.05, 3.63) is 60.7 Å². The van der Waals surface area contributed by atoms with E-state index in [9.17, 15) is 0 Å². The van der Waals surface area contributed by atoms with Crippen LogP contribution in [0.4, 0.5) is 0 Å². The highest BCUT2D eigenvalue weighted by Gasteiger charge is 2.32. The van der Waals surface area contributed by atoms with E-state index < -0.39 is 0 Å². The summed E-state index contributed by atoms with van der Waals surface area (Å²) in [6.45, 7) is 4.08. The number of hydrogen-bond acceptors (Lipinski definition) is 3. The van der Waals surface area contributed by atoms with Crippen LogP contribution in [0.1, 0.15) is 28.4 Å². The third kappa shape index (κ3) is 3.17. The van der Waals surface area contributed by atoms with Crippen molar-refractivity contribution in [3.63, 3.8) is 0 Å². The van der Waals surface area contributed by atoms with Gasteiger partial charge in [0.05, 0.1) is 11.7 Å². The number of aromatic nitrogens is 1. The van der Waals surface area contributed by atoms with Gasteiger partial charge in [-0.1, -0.05) is 27.5 Å². The summed E-state index contributed by atoms with van der Waals surface area (Å²) in [6, 6.07) is 6.54. The van der Waals surface area contributed by atoms with E-state index in [0.29, 0.717) is 0 Å². The van der Waals surface area contributed by atoms with E-state index in [1.54, 1.807) is 0 Å². The van der Waals surface area contributed by atoms with Gasteiger partial charge in [0.2, 0.25) is 0 Å². The summed E-state index contributed by atoms with van der Waals surface area (Å²) >= 11 is 13.7. The molecule has 0 saturated carbocycles. The Morgan fingerprint density at radius 3 is 2.62 bits per heavy atom.